The maximum Gasteiger partial charge on any atom is 0.151 e. The van der Waals surface area contributed by atoms with Crippen LogP contribution in [0, 0.1) is 0 Å². The largest absolute Gasteiger partial charge is 0.298 e. The molecule has 0 aromatic heterocycles. The Labute approximate surface area is 228 Å². The number of benzene rings is 4. The highest BCUT2D eigenvalue weighted by molar-refractivity contribution is 6.12. The van der Waals surface area contributed by atoms with Gasteiger partial charge in [-0.2, -0.15) is 0 Å². The third-order valence-electron chi connectivity index (χ3n) is 7.69. The number of aldehydes is 2. The minimum absolute atomic E-state index is 0.635. The second-order valence-corrected chi connectivity index (χ2v) is 10.4. The number of fused-ring (bicyclic) bond motifs is 1. The van der Waals surface area contributed by atoms with Crippen molar-refractivity contribution in [3.8, 4) is 22.3 Å². The Balaban J connectivity index is 1.61. The molecule has 0 N–H and O–H groups in total. The van der Waals surface area contributed by atoms with Crippen LogP contribution in [-0.4, -0.2) is 12.6 Å². The number of carbonyl (C=O) groups excluding carboxylic acids is 2. The van der Waals surface area contributed by atoms with Gasteiger partial charge in [-0.3, -0.25) is 9.59 Å². The zero-order chi connectivity index (χ0) is 26.7. The third-order valence-corrected chi connectivity index (χ3v) is 7.69. The first kappa shape index (κ1) is 27.5. The van der Waals surface area contributed by atoms with Crippen LogP contribution in [0.25, 0.3) is 33.0 Å². The molecule has 0 spiro atoms. The van der Waals surface area contributed by atoms with E-state index in [1.807, 2.05) is 24.3 Å². The molecule has 0 radical (unpaired) electrons. The van der Waals surface area contributed by atoms with Crippen molar-refractivity contribution in [1.82, 2.24) is 0 Å². The lowest BCUT2D eigenvalue weighted by Crippen LogP contribution is -1.96. The van der Waals surface area contributed by atoms with Gasteiger partial charge in [0.2, 0.25) is 0 Å². The van der Waals surface area contributed by atoms with Gasteiger partial charge in [-0.15, -0.1) is 0 Å². The van der Waals surface area contributed by atoms with Gasteiger partial charge in [0, 0.05) is 11.1 Å². The van der Waals surface area contributed by atoms with E-state index in [0.29, 0.717) is 11.1 Å². The maximum atomic E-state index is 12.3. The molecule has 4 aromatic carbocycles. The molecule has 0 unspecified atom stereocenters. The summed E-state index contributed by atoms with van der Waals surface area (Å²) in [6.07, 6.45) is 14.0. The van der Waals surface area contributed by atoms with Gasteiger partial charge in [0.05, 0.1) is 0 Å². The fraction of sp³-hybridized carbons (Fsp3) is 0.333. The molecule has 196 valence electrons. The summed E-state index contributed by atoms with van der Waals surface area (Å²) in [5.74, 6) is 0. The van der Waals surface area contributed by atoms with E-state index in [0.717, 1.165) is 58.4 Å². The number of carbonyl (C=O) groups is 2. The average molecular weight is 505 g/mol. The molecule has 0 fully saturated rings. The standard InChI is InChI=1S/C36H40O2/c1-3-5-7-9-11-27-13-17-29(18-14-27)31-21-23-34-33(35(31)25-37)24-22-32(36(34)26-38)30-19-15-28(16-20-30)12-10-8-6-4-2/h13-26H,3-12H2,1-2H3. The molecule has 4 aromatic rings. The molecule has 2 heteroatoms. The van der Waals surface area contributed by atoms with E-state index in [4.69, 9.17) is 0 Å². The molecular formula is C36H40O2. The highest BCUT2D eigenvalue weighted by Gasteiger charge is 2.15. The Hall–Kier alpha value is -3.52. The highest BCUT2D eigenvalue weighted by atomic mass is 16.1. The van der Waals surface area contributed by atoms with Gasteiger partial charge in [0.1, 0.15) is 0 Å². The molecule has 0 aliphatic rings. The monoisotopic (exact) mass is 504 g/mol. The molecule has 0 amide bonds. The quantitative estimate of drug-likeness (QED) is 0.126. The zero-order valence-corrected chi connectivity index (χ0v) is 23.0. The summed E-state index contributed by atoms with van der Waals surface area (Å²) >= 11 is 0. The van der Waals surface area contributed by atoms with Crippen LogP contribution in [0.4, 0.5) is 0 Å². The summed E-state index contributed by atoms with van der Waals surface area (Å²) in [6.45, 7) is 4.46. The molecular weight excluding hydrogens is 464 g/mol. The number of unbranched alkanes of at least 4 members (excludes halogenated alkanes) is 6. The van der Waals surface area contributed by atoms with E-state index in [-0.39, 0.29) is 0 Å². The van der Waals surface area contributed by atoms with Crippen molar-refractivity contribution in [1.29, 1.82) is 0 Å². The minimum atomic E-state index is 0.635. The fourth-order valence-electron chi connectivity index (χ4n) is 5.42. The van der Waals surface area contributed by atoms with Crippen molar-refractivity contribution in [3.05, 3.63) is 95.1 Å². The van der Waals surface area contributed by atoms with Crippen LogP contribution in [0.2, 0.25) is 0 Å². The average Bonchev–Trinajstić information content (AvgIpc) is 2.97. The van der Waals surface area contributed by atoms with Gasteiger partial charge >= 0.3 is 0 Å². The lowest BCUT2D eigenvalue weighted by atomic mass is 9.89. The van der Waals surface area contributed by atoms with Crippen LogP contribution in [0.3, 0.4) is 0 Å². The van der Waals surface area contributed by atoms with Crippen molar-refractivity contribution in [3.63, 3.8) is 0 Å². The van der Waals surface area contributed by atoms with E-state index >= 15 is 0 Å². The van der Waals surface area contributed by atoms with Crippen molar-refractivity contribution < 1.29 is 9.59 Å². The molecule has 0 heterocycles. The van der Waals surface area contributed by atoms with Crippen LogP contribution >= 0.6 is 0 Å². The van der Waals surface area contributed by atoms with Gasteiger partial charge < -0.3 is 0 Å². The normalized spacial score (nSPS) is 11.1. The molecule has 38 heavy (non-hydrogen) atoms. The van der Waals surface area contributed by atoms with Crippen molar-refractivity contribution in [2.75, 3.05) is 0 Å². The Morgan fingerprint density at radius 1 is 0.474 bits per heavy atom. The summed E-state index contributed by atoms with van der Waals surface area (Å²) in [6, 6.07) is 25.1. The van der Waals surface area contributed by atoms with E-state index < -0.39 is 0 Å². The highest BCUT2D eigenvalue weighted by Crippen LogP contribution is 2.35. The van der Waals surface area contributed by atoms with Crippen molar-refractivity contribution >= 4 is 23.3 Å². The van der Waals surface area contributed by atoms with Gasteiger partial charge in [0.15, 0.2) is 12.6 Å². The second kappa shape index (κ2) is 13.9. The maximum absolute atomic E-state index is 12.3. The first-order valence-electron chi connectivity index (χ1n) is 14.4. The van der Waals surface area contributed by atoms with Crippen LogP contribution in [-0.2, 0) is 12.8 Å². The molecule has 0 atom stereocenters. The molecule has 0 bridgehead atoms. The zero-order valence-electron chi connectivity index (χ0n) is 23.0. The topological polar surface area (TPSA) is 34.1 Å². The molecule has 2 nitrogen and oxygen atoms in total. The Morgan fingerprint density at radius 3 is 1.21 bits per heavy atom. The van der Waals surface area contributed by atoms with Gasteiger partial charge in [-0.25, -0.2) is 0 Å². The van der Waals surface area contributed by atoms with Crippen LogP contribution in [0.5, 0.6) is 0 Å². The predicted octanol–water partition coefficient (Wildman–Crippen LogP) is 10.0. The predicted molar refractivity (Wildman–Crippen MR) is 161 cm³/mol. The summed E-state index contributed by atoms with van der Waals surface area (Å²) in [5.41, 5.74) is 7.79. The first-order valence-corrected chi connectivity index (χ1v) is 14.4. The number of hydrogen-bond acceptors (Lipinski definition) is 2. The Bertz CT molecular complexity index is 1240. The fourth-order valence-corrected chi connectivity index (χ4v) is 5.42. The molecule has 0 aliphatic heterocycles. The number of hydrogen-bond donors (Lipinski definition) is 0. The van der Waals surface area contributed by atoms with Gasteiger partial charge in [-0.1, -0.05) is 125 Å². The van der Waals surface area contributed by atoms with E-state index in [2.05, 4.69) is 62.4 Å². The molecule has 4 rings (SSSR count). The Kier molecular flexibility index (Phi) is 10.0. The van der Waals surface area contributed by atoms with Crippen LogP contribution < -0.4 is 0 Å². The summed E-state index contributed by atoms with van der Waals surface area (Å²) < 4.78 is 0. The molecule has 0 aliphatic carbocycles. The van der Waals surface area contributed by atoms with E-state index in [1.165, 1.54) is 62.5 Å². The lowest BCUT2D eigenvalue weighted by Gasteiger charge is -2.14. The molecule has 0 saturated heterocycles. The number of aryl methyl sites for hydroxylation is 2. The van der Waals surface area contributed by atoms with Gasteiger partial charge in [0.25, 0.3) is 0 Å². The van der Waals surface area contributed by atoms with Crippen LogP contribution in [0.15, 0.2) is 72.8 Å². The first-order chi connectivity index (χ1) is 18.7. The Morgan fingerprint density at radius 2 is 0.868 bits per heavy atom. The second-order valence-electron chi connectivity index (χ2n) is 10.4. The van der Waals surface area contributed by atoms with Crippen molar-refractivity contribution in [2.45, 2.75) is 78.1 Å². The SMILES string of the molecule is CCCCCCc1ccc(-c2ccc3c(C=O)c(-c4ccc(CCCCCC)cc4)ccc3c2C=O)cc1. The van der Waals surface area contributed by atoms with Crippen LogP contribution in [0.1, 0.15) is 97.1 Å². The summed E-state index contributed by atoms with van der Waals surface area (Å²) in [5, 5.41) is 1.64. The third kappa shape index (κ3) is 6.48. The lowest BCUT2D eigenvalue weighted by molar-refractivity contribution is 0.111. The summed E-state index contributed by atoms with van der Waals surface area (Å²) in [7, 11) is 0. The number of rotatable bonds is 14. The smallest absolute Gasteiger partial charge is 0.151 e. The summed E-state index contributed by atoms with van der Waals surface area (Å²) in [4.78, 5) is 24.6. The van der Waals surface area contributed by atoms with Gasteiger partial charge in [-0.05, 0) is 69.8 Å². The molecule has 0 saturated carbocycles. The van der Waals surface area contributed by atoms with E-state index in [1.54, 1.807) is 0 Å². The minimum Gasteiger partial charge on any atom is -0.298 e. The van der Waals surface area contributed by atoms with Crippen molar-refractivity contribution in [2.24, 2.45) is 0 Å². The van der Waals surface area contributed by atoms with E-state index in [9.17, 15) is 9.59 Å².